The molecule has 1 heterocycles. The Morgan fingerprint density at radius 2 is 1.77 bits per heavy atom. The first-order valence-corrected chi connectivity index (χ1v) is 12.7. The average Bonchev–Trinajstić information content (AvgIpc) is 3.22. The minimum atomic E-state index is -3.61. The number of halogens is 1. The van der Waals surface area contributed by atoms with Gasteiger partial charge in [0.1, 0.15) is 0 Å². The number of hydrogen-bond donors (Lipinski definition) is 2. The Morgan fingerprint density at radius 3 is 2.31 bits per heavy atom. The molecule has 10 nitrogen and oxygen atoms in total. The van der Waals surface area contributed by atoms with Crippen molar-refractivity contribution in [1.82, 2.24) is 15.0 Å². The van der Waals surface area contributed by atoms with Crippen LogP contribution >= 0.6 is 11.6 Å². The van der Waals surface area contributed by atoms with Gasteiger partial charge in [-0.3, -0.25) is 14.3 Å². The first-order chi connectivity index (χ1) is 16.2. The normalized spacial score (nSPS) is 11.7. The lowest BCUT2D eigenvalue weighted by Crippen LogP contribution is -2.18. The molecule has 0 radical (unpaired) electrons. The highest BCUT2D eigenvalue weighted by atomic mass is 35.5. The van der Waals surface area contributed by atoms with E-state index in [-0.39, 0.29) is 22.5 Å². The molecule has 0 aliphatic rings. The van der Waals surface area contributed by atoms with Crippen molar-refractivity contribution in [2.75, 3.05) is 23.4 Å². The second-order valence-corrected chi connectivity index (χ2v) is 11.1. The molecule has 3 aromatic rings. The number of carbonyl (C=O) groups is 2. The van der Waals surface area contributed by atoms with Gasteiger partial charge in [0.15, 0.2) is 11.4 Å². The maximum atomic E-state index is 13.2. The maximum Gasteiger partial charge on any atom is 0.274 e. The summed E-state index contributed by atoms with van der Waals surface area (Å²) in [5.74, 6) is -0.291. The Kier molecular flexibility index (Phi) is 7.23. The number of nitrogens with one attached hydrogen (secondary N) is 2. The molecular formula is C23H26ClN5O5S. The summed E-state index contributed by atoms with van der Waals surface area (Å²) < 4.78 is 33.1. The first kappa shape index (κ1) is 26.2. The maximum absolute atomic E-state index is 13.2. The van der Waals surface area contributed by atoms with Crippen molar-refractivity contribution in [3.63, 3.8) is 0 Å². The van der Waals surface area contributed by atoms with Gasteiger partial charge in [0.2, 0.25) is 10.0 Å². The van der Waals surface area contributed by atoms with E-state index in [0.717, 1.165) is 17.4 Å². The van der Waals surface area contributed by atoms with Gasteiger partial charge in [0, 0.05) is 5.56 Å². The largest absolute Gasteiger partial charge is 0.492 e. The zero-order valence-corrected chi connectivity index (χ0v) is 21.7. The van der Waals surface area contributed by atoms with Crippen LogP contribution < -0.4 is 14.8 Å². The van der Waals surface area contributed by atoms with Crippen LogP contribution in [0.1, 0.15) is 52.7 Å². The van der Waals surface area contributed by atoms with E-state index in [9.17, 15) is 18.0 Å². The van der Waals surface area contributed by atoms with Crippen LogP contribution in [0.3, 0.4) is 0 Å². The highest BCUT2D eigenvalue weighted by molar-refractivity contribution is 7.92. The van der Waals surface area contributed by atoms with Crippen LogP contribution in [0.25, 0.3) is 5.69 Å². The fraction of sp³-hybridized carbons (Fsp3) is 0.304. The van der Waals surface area contributed by atoms with E-state index in [1.54, 1.807) is 30.3 Å². The molecule has 0 saturated carbocycles. The Hall–Kier alpha value is -3.44. The molecule has 2 N–H and O–H groups in total. The number of ether oxygens (including phenoxy) is 1. The Labute approximate surface area is 208 Å². The zero-order chi connectivity index (χ0) is 26.1. The van der Waals surface area contributed by atoms with Crippen molar-refractivity contribution in [1.29, 1.82) is 0 Å². The molecule has 0 unspecified atom stereocenters. The summed E-state index contributed by atoms with van der Waals surface area (Å²) >= 11 is 5.47. The van der Waals surface area contributed by atoms with Crippen LogP contribution in [-0.4, -0.2) is 47.9 Å². The van der Waals surface area contributed by atoms with Crippen LogP contribution in [0.2, 0.25) is 0 Å². The SMILES string of the molecule is COc1c(NC(=O)c2ccc(C)c(-n3cc(C(=O)Cl)nn3)c2)cc(C(C)(C)C)cc1NS(C)(=O)=O. The molecule has 0 bridgehead atoms. The summed E-state index contributed by atoms with van der Waals surface area (Å²) in [6.45, 7) is 7.72. The topological polar surface area (TPSA) is 132 Å². The minimum Gasteiger partial charge on any atom is -0.492 e. The summed E-state index contributed by atoms with van der Waals surface area (Å²) in [5, 5.41) is 9.71. The quantitative estimate of drug-likeness (QED) is 0.452. The van der Waals surface area contributed by atoms with Crippen LogP contribution in [-0.2, 0) is 15.4 Å². The molecule has 0 fully saturated rings. The van der Waals surface area contributed by atoms with Crippen LogP contribution in [0.4, 0.5) is 11.4 Å². The highest BCUT2D eigenvalue weighted by Crippen LogP contribution is 2.39. The van der Waals surface area contributed by atoms with Crippen LogP contribution in [0, 0.1) is 6.92 Å². The van der Waals surface area contributed by atoms with E-state index < -0.39 is 21.2 Å². The predicted octanol–water partition coefficient (Wildman–Crippen LogP) is 3.88. The molecule has 0 spiro atoms. The third kappa shape index (κ3) is 6.17. The summed E-state index contributed by atoms with van der Waals surface area (Å²) in [5.41, 5.74) is 2.54. The second-order valence-electron chi connectivity index (χ2n) is 9.01. The molecule has 0 aliphatic carbocycles. The number of rotatable bonds is 7. The van der Waals surface area contributed by atoms with Gasteiger partial charge in [-0.25, -0.2) is 13.1 Å². The number of aryl methyl sites for hydroxylation is 1. The lowest BCUT2D eigenvalue weighted by Gasteiger charge is -2.24. The molecule has 1 amide bonds. The summed E-state index contributed by atoms with van der Waals surface area (Å²) in [7, 11) is -2.22. The van der Waals surface area contributed by atoms with Gasteiger partial charge in [0.25, 0.3) is 11.1 Å². The number of hydrogen-bond acceptors (Lipinski definition) is 7. The van der Waals surface area contributed by atoms with Gasteiger partial charge in [-0.15, -0.1) is 5.10 Å². The zero-order valence-electron chi connectivity index (χ0n) is 20.1. The van der Waals surface area contributed by atoms with Crippen molar-refractivity contribution in [3.05, 3.63) is 58.9 Å². The van der Waals surface area contributed by atoms with Gasteiger partial charge < -0.3 is 10.1 Å². The molecule has 0 saturated heterocycles. The van der Waals surface area contributed by atoms with E-state index in [0.29, 0.717) is 16.9 Å². The van der Waals surface area contributed by atoms with E-state index in [1.807, 2.05) is 27.7 Å². The van der Waals surface area contributed by atoms with Crippen LogP contribution in [0.15, 0.2) is 36.5 Å². The number of methoxy groups -OCH3 is 1. The lowest BCUT2D eigenvalue weighted by atomic mass is 9.86. The molecular weight excluding hydrogens is 494 g/mol. The number of carbonyl (C=O) groups excluding carboxylic acids is 2. The fourth-order valence-corrected chi connectivity index (χ4v) is 3.95. The molecule has 12 heteroatoms. The van der Waals surface area contributed by atoms with Gasteiger partial charge in [0.05, 0.1) is 36.6 Å². The third-order valence-electron chi connectivity index (χ3n) is 5.12. The molecule has 0 aliphatic heterocycles. The van der Waals surface area contributed by atoms with Crippen LogP contribution in [0.5, 0.6) is 5.75 Å². The van der Waals surface area contributed by atoms with Crippen molar-refractivity contribution in [2.45, 2.75) is 33.1 Å². The monoisotopic (exact) mass is 519 g/mol. The molecule has 1 aromatic heterocycles. The molecule has 3 rings (SSSR count). The number of sulfonamides is 1. The Balaban J connectivity index is 2.04. The molecule has 35 heavy (non-hydrogen) atoms. The van der Waals surface area contributed by atoms with Gasteiger partial charge >= 0.3 is 0 Å². The lowest BCUT2D eigenvalue weighted by molar-refractivity contribution is 0.102. The average molecular weight is 520 g/mol. The van der Waals surface area contributed by atoms with Crippen molar-refractivity contribution < 1.29 is 22.7 Å². The second kappa shape index (κ2) is 9.67. The smallest absolute Gasteiger partial charge is 0.274 e. The summed E-state index contributed by atoms with van der Waals surface area (Å²) in [6.07, 6.45) is 2.41. The molecule has 0 atom stereocenters. The standard InChI is InChI=1S/C23H26ClN5O5S/c1-13-7-8-14(9-19(13)29-12-18(21(24)30)26-28-29)22(31)25-16-10-15(23(2,3)4)11-17(20(16)34-5)27-35(6,32)33/h7-12,27H,1-6H3,(H,25,31). The third-order valence-corrected chi connectivity index (χ3v) is 5.90. The van der Waals surface area contributed by atoms with Crippen molar-refractivity contribution in [3.8, 4) is 11.4 Å². The van der Waals surface area contributed by atoms with Crippen molar-refractivity contribution in [2.24, 2.45) is 0 Å². The number of amides is 1. The fourth-order valence-electron chi connectivity index (χ4n) is 3.31. The van der Waals surface area contributed by atoms with E-state index in [4.69, 9.17) is 16.3 Å². The first-order valence-electron chi connectivity index (χ1n) is 10.4. The summed E-state index contributed by atoms with van der Waals surface area (Å²) in [6, 6.07) is 8.38. The number of benzene rings is 2. The summed E-state index contributed by atoms with van der Waals surface area (Å²) in [4.78, 5) is 24.6. The van der Waals surface area contributed by atoms with Gasteiger partial charge in [-0.2, -0.15) is 0 Å². The number of nitrogens with zero attached hydrogens (tertiary/aromatic N) is 3. The van der Waals surface area contributed by atoms with Crippen molar-refractivity contribution >= 4 is 44.1 Å². The van der Waals surface area contributed by atoms with Gasteiger partial charge in [-0.05, 0) is 59.3 Å². The Morgan fingerprint density at radius 1 is 1.11 bits per heavy atom. The predicted molar refractivity (Wildman–Crippen MR) is 134 cm³/mol. The van der Waals surface area contributed by atoms with E-state index >= 15 is 0 Å². The minimum absolute atomic E-state index is 0.0180. The van der Waals surface area contributed by atoms with E-state index in [2.05, 4.69) is 20.4 Å². The highest BCUT2D eigenvalue weighted by Gasteiger charge is 2.23. The number of aromatic nitrogens is 3. The van der Waals surface area contributed by atoms with E-state index in [1.165, 1.54) is 18.0 Å². The Bertz CT molecular complexity index is 1410. The van der Waals surface area contributed by atoms with Gasteiger partial charge in [-0.1, -0.05) is 32.1 Å². The molecule has 2 aromatic carbocycles. The number of anilines is 2. The molecule has 186 valence electrons.